The average Bonchev–Trinajstić information content (AvgIpc) is 0.785. The molecule has 656 valence electrons. The van der Waals surface area contributed by atoms with Gasteiger partial charge in [-0.1, -0.05) is 48.4 Å². The maximum absolute atomic E-state index is 14.4. The van der Waals surface area contributed by atoms with Gasteiger partial charge in [0.2, 0.25) is 0 Å². The Morgan fingerprint density at radius 1 is 0.144 bits per heavy atom. The molecule has 0 spiro atoms. The molecule has 0 radical (unpaired) electrons. The Hall–Kier alpha value is 4.86. The molecule has 0 aliphatic carbocycles. The Kier molecular flexibility index (Phi) is 32.8. The Morgan fingerprint density at radius 3 is 0.333 bits per heavy atom. The summed E-state index contributed by atoms with van der Waals surface area (Å²) in [6.45, 7) is 93.5. The minimum atomic E-state index is -3.27. The number of rotatable bonds is 24. The summed E-state index contributed by atoms with van der Waals surface area (Å²) < 4.78 is 176. The van der Waals surface area contributed by atoms with Crippen molar-refractivity contribution in [1.82, 2.24) is 0 Å². The van der Waals surface area contributed by atoms with E-state index in [-0.39, 0.29) is 0 Å². The monoisotopic (exact) mass is 2030 g/mol. The van der Waals surface area contributed by atoms with Crippen LogP contribution in [0, 0.1) is 0 Å². The van der Waals surface area contributed by atoms with Gasteiger partial charge >= 0.3 is 205 Å². The first-order valence-corrected chi connectivity index (χ1v) is 116. The molecule has 0 bridgehead atoms. The van der Waals surface area contributed by atoms with Gasteiger partial charge in [0.15, 0.2) is 8.32 Å². The molecule has 111 heavy (non-hydrogen) atoms. The maximum atomic E-state index is 14.4. The minimum absolute atomic E-state index is 0.682. The lowest BCUT2D eigenvalue weighted by atomic mass is 10.9. The van der Waals surface area contributed by atoms with E-state index in [9.17, 15) is 4.80 Å². The van der Waals surface area contributed by atoms with E-state index in [0.717, 1.165) is 84.6 Å². The third kappa shape index (κ3) is 34.9. The molecule has 0 unspecified atom stereocenters. The summed E-state index contributed by atoms with van der Waals surface area (Å²) in [5, 5.41) is 0. The van der Waals surface area contributed by atoms with Crippen molar-refractivity contribution in [3.05, 3.63) is 0 Å². The second kappa shape index (κ2) is 34.8. The molecule has 6 fully saturated rings. The summed E-state index contributed by atoms with van der Waals surface area (Å²) in [5.74, 6) is 0. The Balaban J connectivity index is 1.60. The molecular weight excluding hydrogens is 1870 g/mol. The zero-order valence-electron chi connectivity index (χ0n) is 78.1. The number of hydrogen-bond donors (Lipinski definition) is 1. The molecule has 6 rings (SSSR count). The van der Waals surface area contributed by atoms with Crippen LogP contribution in [0.3, 0.4) is 0 Å². The van der Waals surface area contributed by atoms with Crippen molar-refractivity contribution in [2.45, 2.75) is 378 Å². The predicted molar refractivity (Wildman–Crippen MR) is 513 cm³/mol. The summed E-state index contributed by atoms with van der Waals surface area (Å²) in [4.78, 5) is 14.4. The van der Waals surface area contributed by atoms with Crippen molar-refractivity contribution in [3.63, 3.8) is 0 Å². The van der Waals surface area contributed by atoms with Crippen molar-refractivity contribution in [3.8, 4) is 0 Å². The second-order valence-corrected chi connectivity index (χ2v) is 144. The van der Waals surface area contributed by atoms with Gasteiger partial charge in [-0.2, -0.15) is 0 Å². The van der Waals surface area contributed by atoms with Crippen LogP contribution in [0.2, 0.25) is 378 Å². The zero-order chi connectivity index (χ0) is 85.8. The smallest absolute Gasteiger partial charge is 0.317 e. The highest BCUT2D eigenvalue weighted by Gasteiger charge is 2.62. The van der Waals surface area contributed by atoms with E-state index in [1.54, 1.807) is 0 Å². The Bertz CT molecular complexity index is 2530. The van der Waals surface area contributed by atoms with Gasteiger partial charge in [0.1, 0.15) is 0 Å². The van der Waals surface area contributed by atoms with Crippen molar-refractivity contribution >= 4 is 230 Å². The SMILES string of the molecule is C[Si](O)(CC[Si](CC[Si]1(C)O[Si](C)(C)O[Si](C)(C)O[Si](C)(C)O1)(CC[Si]1(C)O[Si](C)(C)O[Si](C)(C)O[Si](C)(C)O1)CC[Si]1(C)O[Si](C)(C)O[Si](C)(C)O[Si](C)(C)O1)CC[Si](CC[Si]1(C)O[Si](C)(C)O[Si](C)(C)O[Si](C)(C)O1)(CC[Si]1(C)O[Si](C)(C)O[Si](C)(C)O[Si](C)(C)O1)CC[Si]1(C)O[Si](C)(C)O[Si](C)(C)O[Si](C)(C)O1. The van der Waals surface area contributed by atoms with Crippen LogP contribution >= 0.6 is 0 Å². The van der Waals surface area contributed by atoms with Crippen molar-refractivity contribution in [2.24, 2.45) is 0 Å². The Labute approximate surface area is 705 Å². The fourth-order valence-electron chi connectivity index (χ4n) is 20.1. The third-order valence-electron chi connectivity index (χ3n) is 20.5. The summed E-state index contributed by atoms with van der Waals surface area (Å²) in [6.07, 6.45) is 0. The predicted octanol–water partition coefficient (Wildman–Crippen LogP) is 20.0. The lowest BCUT2D eigenvalue weighted by Crippen LogP contribution is -2.66. The molecule has 6 aliphatic rings. The molecule has 0 aromatic carbocycles. The van der Waals surface area contributed by atoms with Gasteiger partial charge in [-0.15, -0.1) is 0 Å². The molecule has 6 aliphatic heterocycles. The number of hydrogen-bond acceptors (Lipinski definition) is 25. The van der Waals surface area contributed by atoms with Crippen LogP contribution in [0.15, 0.2) is 0 Å². The molecule has 0 saturated carbocycles. The molecule has 0 aromatic heterocycles. The van der Waals surface area contributed by atoms with Crippen LogP contribution in [-0.4, -0.2) is 235 Å². The van der Waals surface area contributed by atoms with Crippen LogP contribution < -0.4 is 0 Å². The molecule has 0 atom stereocenters. The molecular formula is C59H162O25Si27. The molecule has 25 nitrogen and oxygen atoms in total. The first kappa shape index (κ1) is 105. The van der Waals surface area contributed by atoms with Crippen molar-refractivity contribution in [1.29, 1.82) is 0 Å². The van der Waals surface area contributed by atoms with E-state index in [2.05, 4.69) is 282 Å². The van der Waals surface area contributed by atoms with Gasteiger partial charge in [-0.25, -0.2) is 0 Å². The van der Waals surface area contributed by atoms with Crippen LogP contribution in [0.5, 0.6) is 0 Å². The first-order chi connectivity index (χ1) is 48.6. The summed E-state index contributed by atoms with van der Waals surface area (Å²) >= 11 is 0. The van der Waals surface area contributed by atoms with E-state index < -0.39 is 230 Å². The Morgan fingerprint density at radius 2 is 0.234 bits per heavy atom. The van der Waals surface area contributed by atoms with E-state index in [4.69, 9.17) is 98.8 Å². The van der Waals surface area contributed by atoms with Crippen LogP contribution in [-0.2, 0) is 98.8 Å². The topological polar surface area (TPSA) is 242 Å². The van der Waals surface area contributed by atoms with E-state index in [1.807, 2.05) is 0 Å². The fraction of sp³-hybridized carbons (Fsp3) is 1.00. The molecule has 0 amide bonds. The van der Waals surface area contributed by atoms with Crippen molar-refractivity contribution < 1.29 is 104 Å². The van der Waals surface area contributed by atoms with Gasteiger partial charge in [-0.3, -0.25) is 0 Å². The van der Waals surface area contributed by atoms with Gasteiger partial charge in [0, 0.05) is 0 Å². The highest BCUT2D eigenvalue weighted by atomic mass is 28.6. The lowest BCUT2D eigenvalue weighted by Gasteiger charge is -2.50. The highest BCUT2D eigenvalue weighted by molar-refractivity contribution is 7.01. The lowest BCUT2D eigenvalue weighted by molar-refractivity contribution is 0.231. The molecule has 1 N–H and O–H groups in total. The van der Waals surface area contributed by atoms with Crippen LogP contribution in [0.25, 0.3) is 0 Å². The molecule has 6 saturated heterocycles. The standard InChI is InChI=1S/C59H162O25Si27/c1-85(2)61-91(13,14)73-104(38,74-92(15,16)62-85)46-54-110(55-47-105(39)75-93(17,18)63-86(3,4)64-94(19,20)76-105,56-48-106(40)77-95(21,22)65-87(5,6)66-96(23,24)78-106)52-44-103(37,60)45-53-111(57-49-107(41)79-97(25,26)67-88(7,8)68-98(27,28)80-107,58-50-108(42)81-99(29,30)69-89(9,10)70-100(31,32)82-108)59-51-109(43)83-101(33,34)71-90(11,12)72-102(35,36)84-109/h60H,44-59H2,1-43H3. The van der Waals surface area contributed by atoms with E-state index >= 15 is 0 Å². The van der Waals surface area contributed by atoms with Gasteiger partial charge < -0.3 is 104 Å². The fourth-order valence-corrected chi connectivity index (χ4v) is 180. The van der Waals surface area contributed by atoms with Gasteiger partial charge in [-0.05, 0) is 330 Å². The summed E-state index contributed by atoms with van der Waals surface area (Å²) in [7, 11) is -77.4. The first-order valence-electron chi connectivity index (χ1n) is 41.2. The molecule has 6 heterocycles. The largest absolute Gasteiger partial charge is 0.432 e. The molecule has 52 heteroatoms. The summed E-state index contributed by atoms with van der Waals surface area (Å²) in [5.41, 5.74) is 0. The van der Waals surface area contributed by atoms with E-state index in [0.29, 0.717) is 12.1 Å². The van der Waals surface area contributed by atoms with Gasteiger partial charge in [0.05, 0.1) is 16.1 Å². The van der Waals surface area contributed by atoms with Crippen LogP contribution in [0.4, 0.5) is 0 Å². The minimum Gasteiger partial charge on any atom is -0.432 e. The third-order valence-corrected chi connectivity index (χ3v) is 136. The normalized spacial score (nSPS) is 30.2. The maximum Gasteiger partial charge on any atom is 0.317 e. The zero-order valence-corrected chi connectivity index (χ0v) is 105. The van der Waals surface area contributed by atoms with Gasteiger partial charge in [0.25, 0.3) is 0 Å². The van der Waals surface area contributed by atoms with E-state index in [1.165, 1.54) is 0 Å². The summed E-state index contributed by atoms with van der Waals surface area (Å²) in [6, 6.07) is 12.6. The van der Waals surface area contributed by atoms with Crippen LogP contribution in [0.1, 0.15) is 0 Å². The van der Waals surface area contributed by atoms with Crippen molar-refractivity contribution in [2.75, 3.05) is 0 Å². The molecule has 0 aromatic rings. The quantitative estimate of drug-likeness (QED) is 0.0883. The average molecular weight is 2030 g/mol. The highest BCUT2D eigenvalue weighted by Crippen LogP contribution is 2.49. The second-order valence-electron chi connectivity index (χ2n) is 42.9.